The van der Waals surface area contributed by atoms with Gasteiger partial charge in [-0.25, -0.2) is 13.6 Å². The van der Waals surface area contributed by atoms with E-state index in [2.05, 4.69) is 10.1 Å². The second-order valence-electron chi connectivity index (χ2n) is 5.01. The number of esters is 1. The number of fused-ring (bicyclic) bond motifs is 1. The van der Waals surface area contributed by atoms with Crippen molar-refractivity contribution in [3.63, 3.8) is 0 Å². The Hall–Kier alpha value is -2.52. The molecule has 0 unspecified atom stereocenters. The minimum Gasteiger partial charge on any atom is -0.504 e. The summed E-state index contributed by atoms with van der Waals surface area (Å²) >= 11 is 2.64. The lowest BCUT2D eigenvalue weighted by Gasteiger charge is -2.06. The van der Waals surface area contributed by atoms with Gasteiger partial charge in [-0.15, -0.1) is 22.7 Å². The number of hydrogen-bond donors (Lipinski definition) is 2. The largest absolute Gasteiger partial charge is 0.504 e. The number of ether oxygens (including phenoxy) is 1. The minimum atomic E-state index is -1.20. The number of carbonyl (C=O) groups is 2. The number of amides is 1. The van der Waals surface area contributed by atoms with Crippen molar-refractivity contribution in [3.8, 4) is 5.75 Å². The molecule has 0 radical (unpaired) electrons. The van der Waals surface area contributed by atoms with Crippen molar-refractivity contribution in [2.75, 3.05) is 7.11 Å². The molecule has 130 valence electrons. The van der Waals surface area contributed by atoms with Crippen LogP contribution in [0.3, 0.4) is 0 Å². The number of halogens is 2. The van der Waals surface area contributed by atoms with Crippen LogP contribution in [0.25, 0.3) is 9.40 Å². The van der Waals surface area contributed by atoms with Gasteiger partial charge in [-0.3, -0.25) is 4.79 Å². The van der Waals surface area contributed by atoms with E-state index in [1.165, 1.54) is 29.8 Å². The summed E-state index contributed by atoms with van der Waals surface area (Å²) in [7, 11) is 1.31. The molecule has 3 rings (SSSR count). The van der Waals surface area contributed by atoms with Crippen LogP contribution in [-0.2, 0) is 11.3 Å². The van der Waals surface area contributed by atoms with Gasteiger partial charge in [-0.05, 0) is 18.2 Å². The molecule has 0 saturated heterocycles. The Morgan fingerprint density at radius 3 is 2.56 bits per heavy atom. The third kappa shape index (κ3) is 3.47. The molecule has 2 N–H and O–H groups in total. The zero-order chi connectivity index (χ0) is 18.1. The van der Waals surface area contributed by atoms with Gasteiger partial charge in [-0.1, -0.05) is 0 Å². The number of methoxy groups -OCH3 is 1. The first-order valence-corrected chi connectivity index (χ1v) is 8.59. The van der Waals surface area contributed by atoms with Crippen LogP contribution in [0.2, 0.25) is 0 Å². The lowest BCUT2D eigenvalue weighted by atomic mass is 10.1. The molecule has 0 aliphatic rings. The molecule has 0 spiro atoms. The summed E-state index contributed by atoms with van der Waals surface area (Å²) in [6.07, 6.45) is 0. The summed E-state index contributed by atoms with van der Waals surface area (Å²) < 4.78 is 32.9. The van der Waals surface area contributed by atoms with Gasteiger partial charge < -0.3 is 15.2 Å². The lowest BCUT2D eigenvalue weighted by Crippen LogP contribution is -2.22. The molecule has 0 atom stereocenters. The lowest BCUT2D eigenvalue weighted by molar-refractivity contribution is 0.0606. The first-order valence-electron chi connectivity index (χ1n) is 6.96. The average Bonchev–Trinajstić information content (AvgIpc) is 3.13. The molecule has 1 aromatic carbocycles. The highest BCUT2D eigenvalue weighted by Gasteiger charge is 2.18. The zero-order valence-corrected chi connectivity index (χ0v) is 14.4. The van der Waals surface area contributed by atoms with Crippen LogP contribution in [0.5, 0.6) is 5.75 Å². The van der Waals surface area contributed by atoms with Crippen molar-refractivity contribution < 1.29 is 28.2 Å². The zero-order valence-electron chi connectivity index (χ0n) is 12.8. The number of nitrogens with one attached hydrogen (secondary N) is 1. The molecular weight excluding hydrogens is 372 g/mol. The highest BCUT2D eigenvalue weighted by Crippen LogP contribution is 2.33. The van der Waals surface area contributed by atoms with Crippen LogP contribution >= 0.6 is 22.7 Å². The Kier molecular flexibility index (Phi) is 4.69. The minimum absolute atomic E-state index is 0.121. The van der Waals surface area contributed by atoms with Gasteiger partial charge in [0.05, 0.1) is 19.2 Å². The van der Waals surface area contributed by atoms with E-state index < -0.39 is 34.8 Å². The topological polar surface area (TPSA) is 75.6 Å². The predicted molar refractivity (Wildman–Crippen MR) is 90.2 cm³/mol. The Morgan fingerprint density at radius 1 is 1.16 bits per heavy atom. The summed E-state index contributed by atoms with van der Waals surface area (Å²) in [5.74, 6) is -4.24. The van der Waals surface area contributed by atoms with Crippen molar-refractivity contribution >= 4 is 43.9 Å². The van der Waals surface area contributed by atoms with Crippen molar-refractivity contribution in [1.29, 1.82) is 0 Å². The highest BCUT2D eigenvalue weighted by molar-refractivity contribution is 7.28. The van der Waals surface area contributed by atoms with Crippen molar-refractivity contribution in [1.82, 2.24) is 5.32 Å². The van der Waals surface area contributed by atoms with E-state index in [-0.39, 0.29) is 6.54 Å². The molecule has 2 aromatic heterocycles. The quantitative estimate of drug-likeness (QED) is 0.674. The van der Waals surface area contributed by atoms with Gasteiger partial charge in [0, 0.05) is 20.3 Å². The maximum absolute atomic E-state index is 13.3. The third-order valence-electron chi connectivity index (χ3n) is 3.34. The van der Waals surface area contributed by atoms with Crippen molar-refractivity contribution in [2.24, 2.45) is 0 Å². The number of thiophene rings is 2. The maximum Gasteiger partial charge on any atom is 0.348 e. The van der Waals surface area contributed by atoms with Crippen LogP contribution in [-0.4, -0.2) is 24.1 Å². The second kappa shape index (κ2) is 6.77. The SMILES string of the molecule is COC(=O)c1cc2sc(CNC(=O)c3cc(F)cc(F)c3O)cc2s1. The van der Waals surface area contributed by atoms with Gasteiger partial charge in [0.15, 0.2) is 11.6 Å². The first kappa shape index (κ1) is 17.3. The van der Waals surface area contributed by atoms with E-state index in [9.17, 15) is 23.5 Å². The van der Waals surface area contributed by atoms with Gasteiger partial charge >= 0.3 is 5.97 Å². The molecule has 0 fully saturated rings. The van der Waals surface area contributed by atoms with Crippen LogP contribution in [0.4, 0.5) is 8.78 Å². The van der Waals surface area contributed by atoms with Gasteiger partial charge in [0.25, 0.3) is 5.91 Å². The molecule has 5 nitrogen and oxygen atoms in total. The van der Waals surface area contributed by atoms with Gasteiger partial charge in [-0.2, -0.15) is 0 Å². The van der Waals surface area contributed by atoms with Crippen LogP contribution < -0.4 is 5.32 Å². The molecule has 1 amide bonds. The summed E-state index contributed by atoms with van der Waals surface area (Å²) in [5, 5.41) is 12.0. The average molecular weight is 383 g/mol. The van der Waals surface area contributed by atoms with Gasteiger partial charge in [0.2, 0.25) is 0 Å². The smallest absolute Gasteiger partial charge is 0.348 e. The maximum atomic E-state index is 13.3. The number of hydrogen-bond acceptors (Lipinski definition) is 6. The molecular formula is C16H11F2NO4S2. The standard InChI is InChI=1S/C16H11F2NO4S2/c1-23-16(22)13-5-12-11(25-13)4-8(24-12)6-19-15(21)9-2-7(17)3-10(18)14(9)20/h2-5,20H,6H2,1H3,(H,19,21). The fourth-order valence-electron chi connectivity index (χ4n) is 2.18. The Balaban J connectivity index is 1.73. The van der Waals surface area contributed by atoms with E-state index in [0.29, 0.717) is 10.9 Å². The Morgan fingerprint density at radius 2 is 1.88 bits per heavy atom. The second-order valence-corrected chi connectivity index (χ2v) is 7.26. The summed E-state index contributed by atoms with van der Waals surface area (Å²) in [6.45, 7) is 0.121. The molecule has 25 heavy (non-hydrogen) atoms. The fourth-order valence-corrected chi connectivity index (χ4v) is 4.46. The summed E-state index contributed by atoms with van der Waals surface area (Å²) in [4.78, 5) is 24.8. The van der Waals surface area contributed by atoms with Gasteiger partial charge in [0.1, 0.15) is 10.7 Å². The fraction of sp³-hybridized carbons (Fsp3) is 0.125. The number of benzene rings is 1. The van der Waals surface area contributed by atoms with E-state index in [0.717, 1.165) is 20.3 Å². The number of rotatable bonds is 4. The van der Waals surface area contributed by atoms with Crippen LogP contribution in [0.15, 0.2) is 24.3 Å². The molecule has 3 aromatic rings. The molecule has 0 aliphatic carbocycles. The Bertz CT molecular complexity index is 949. The number of phenols is 1. The van der Waals surface area contributed by atoms with Crippen LogP contribution in [0, 0.1) is 11.6 Å². The first-order chi connectivity index (χ1) is 11.9. The van der Waals surface area contributed by atoms with E-state index in [1.54, 1.807) is 6.07 Å². The summed E-state index contributed by atoms with van der Waals surface area (Å²) in [6, 6.07) is 4.78. The molecule has 9 heteroatoms. The summed E-state index contributed by atoms with van der Waals surface area (Å²) in [5.41, 5.74) is -0.469. The molecule has 2 heterocycles. The predicted octanol–water partition coefficient (Wildman–Crippen LogP) is 3.66. The Labute approximate surface area is 148 Å². The molecule has 0 saturated carbocycles. The van der Waals surface area contributed by atoms with Crippen LogP contribution in [0.1, 0.15) is 24.9 Å². The normalized spacial score (nSPS) is 10.8. The van der Waals surface area contributed by atoms with E-state index >= 15 is 0 Å². The number of carbonyl (C=O) groups excluding carboxylic acids is 2. The van der Waals surface area contributed by atoms with Crippen molar-refractivity contribution in [3.05, 3.63) is 51.2 Å². The molecule has 0 aliphatic heterocycles. The number of phenolic OH excluding ortho intramolecular Hbond substituents is 1. The third-order valence-corrected chi connectivity index (χ3v) is 5.61. The van der Waals surface area contributed by atoms with E-state index in [4.69, 9.17) is 0 Å². The number of aromatic hydroxyl groups is 1. The highest BCUT2D eigenvalue weighted by atomic mass is 32.1. The monoisotopic (exact) mass is 383 g/mol. The van der Waals surface area contributed by atoms with E-state index in [1.807, 2.05) is 6.07 Å². The molecule has 0 bridgehead atoms. The van der Waals surface area contributed by atoms with Crippen molar-refractivity contribution in [2.45, 2.75) is 6.54 Å².